The van der Waals surface area contributed by atoms with Crippen molar-refractivity contribution in [2.75, 3.05) is 37.6 Å². The van der Waals surface area contributed by atoms with Crippen LogP contribution in [0.25, 0.3) is 10.1 Å². The van der Waals surface area contributed by atoms with E-state index in [1.165, 1.54) is 41.7 Å². The summed E-state index contributed by atoms with van der Waals surface area (Å²) in [6.07, 6.45) is 3.81. The first-order chi connectivity index (χ1) is 10.8. The highest BCUT2D eigenvalue weighted by Crippen LogP contribution is 2.31. The Balaban J connectivity index is 0.00000156. The molecule has 1 saturated heterocycles. The Hall–Kier alpha value is -0.880. The van der Waals surface area contributed by atoms with Crippen molar-refractivity contribution < 1.29 is 0 Å². The number of nitrogens with two attached hydrogens (primary N) is 1. The number of aromatic nitrogens is 1. The van der Waals surface area contributed by atoms with Gasteiger partial charge >= 0.3 is 0 Å². The molecule has 0 amide bonds. The maximum absolute atomic E-state index is 5.87. The summed E-state index contributed by atoms with van der Waals surface area (Å²) in [5.74, 6) is 2.07. The predicted molar refractivity (Wildman–Crippen MR) is 101 cm³/mol. The molecular weight excluding hydrogens is 328 g/mol. The van der Waals surface area contributed by atoms with Gasteiger partial charge in [0, 0.05) is 37.6 Å². The second-order valence-corrected chi connectivity index (χ2v) is 7.52. The lowest BCUT2D eigenvalue weighted by molar-refractivity contribution is 0.189. The molecule has 4 nitrogen and oxygen atoms in total. The number of hydrogen-bond donors (Lipinski definition) is 1. The van der Waals surface area contributed by atoms with Gasteiger partial charge in [0.1, 0.15) is 5.82 Å². The summed E-state index contributed by atoms with van der Waals surface area (Å²) in [5.41, 5.74) is 5.87. The standard InChI is InChI=1S/C17H24N4S.ClH/c18-14-11-13(12-14)5-6-20-7-9-21(10-8-20)17-15-3-1-2-4-16(15)22-19-17;/h1-4,13-14H,5-12,18H2;1H. The molecule has 2 aromatic rings. The number of hydrogen-bond acceptors (Lipinski definition) is 5. The van der Waals surface area contributed by atoms with Gasteiger partial charge in [0.15, 0.2) is 0 Å². The maximum atomic E-state index is 5.87. The number of nitrogens with zero attached hydrogens (tertiary/aromatic N) is 3. The third kappa shape index (κ3) is 3.63. The molecule has 2 heterocycles. The molecule has 6 heteroatoms. The minimum atomic E-state index is 0. The van der Waals surface area contributed by atoms with E-state index in [9.17, 15) is 0 Å². The quantitative estimate of drug-likeness (QED) is 0.918. The smallest absolute Gasteiger partial charge is 0.150 e. The lowest BCUT2D eigenvalue weighted by atomic mass is 9.79. The van der Waals surface area contributed by atoms with Crippen LogP contribution in [0.5, 0.6) is 0 Å². The zero-order valence-electron chi connectivity index (χ0n) is 13.4. The largest absolute Gasteiger partial charge is 0.353 e. The van der Waals surface area contributed by atoms with Crippen molar-refractivity contribution >= 4 is 39.8 Å². The Bertz CT molecular complexity index is 632. The third-order valence-electron chi connectivity index (χ3n) is 5.16. The molecule has 2 aliphatic rings. The first kappa shape index (κ1) is 17.0. The van der Waals surface area contributed by atoms with Gasteiger partial charge in [0.25, 0.3) is 0 Å². The first-order valence-corrected chi connectivity index (χ1v) is 9.14. The van der Waals surface area contributed by atoms with Crippen molar-refractivity contribution in [3.8, 4) is 0 Å². The van der Waals surface area contributed by atoms with E-state index in [1.807, 2.05) is 0 Å². The summed E-state index contributed by atoms with van der Waals surface area (Å²) >= 11 is 1.62. The van der Waals surface area contributed by atoms with Gasteiger partial charge in [-0.15, -0.1) is 12.4 Å². The van der Waals surface area contributed by atoms with Crippen LogP contribution in [0.3, 0.4) is 0 Å². The minimum absolute atomic E-state index is 0. The molecule has 0 unspecified atom stereocenters. The van der Waals surface area contributed by atoms with Crippen LogP contribution in [0.2, 0.25) is 0 Å². The molecule has 1 aliphatic carbocycles. The minimum Gasteiger partial charge on any atom is -0.353 e. The molecular formula is C17H25ClN4S. The highest BCUT2D eigenvalue weighted by Gasteiger charge is 2.27. The van der Waals surface area contributed by atoms with Gasteiger partial charge in [0.2, 0.25) is 0 Å². The lowest BCUT2D eigenvalue weighted by Gasteiger charge is -2.38. The van der Waals surface area contributed by atoms with E-state index in [2.05, 4.69) is 38.4 Å². The lowest BCUT2D eigenvalue weighted by Crippen LogP contribution is -2.47. The monoisotopic (exact) mass is 352 g/mol. The fraction of sp³-hybridized carbons (Fsp3) is 0.588. The average molecular weight is 353 g/mol. The van der Waals surface area contributed by atoms with Crippen LogP contribution in [0.4, 0.5) is 5.82 Å². The second kappa shape index (κ2) is 7.34. The van der Waals surface area contributed by atoms with Gasteiger partial charge in [-0.25, -0.2) is 0 Å². The second-order valence-electron chi connectivity index (χ2n) is 6.72. The van der Waals surface area contributed by atoms with Crippen LogP contribution < -0.4 is 10.6 Å². The van der Waals surface area contributed by atoms with Gasteiger partial charge in [-0.2, -0.15) is 4.37 Å². The Morgan fingerprint density at radius 2 is 1.87 bits per heavy atom. The fourth-order valence-corrected chi connectivity index (χ4v) is 4.47. The number of rotatable bonds is 4. The number of fused-ring (bicyclic) bond motifs is 1. The number of anilines is 1. The SMILES string of the molecule is Cl.NC1CC(CCN2CCN(c3nsc4ccccc34)CC2)C1. The Morgan fingerprint density at radius 1 is 1.13 bits per heavy atom. The number of piperazine rings is 1. The van der Waals surface area contributed by atoms with Gasteiger partial charge in [-0.3, -0.25) is 4.90 Å². The molecule has 0 atom stereocenters. The van der Waals surface area contributed by atoms with Crippen molar-refractivity contribution in [3.05, 3.63) is 24.3 Å². The van der Waals surface area contributed by atoms with Crippen LogP contribution in [0, 0.1) is 5.92 Å². The zero-order valence-corrected chi connectivity index (χ0v) is 15.0. The topological polar surface area (TPSA) is 45.4 Å². The molecule has 2 fully saturated rings. The third-order valence-corrected chi connectivity index (χ3v) is 5.97. The van der Waals surface area contributed by atoms with Gasteiger partial charge in [-0.1, -0.05) is 12.1 Å². The number of benzene rings is 1. The molecule has 2 N–H and O–H groups in total. The predicted octanol–water partition coefficient (Wildman–Crippen LogP) is 2.97. The van der Waals surface area contributed by atoms with Crippen LogP contribution in [-0.4, -0.2) is 48.0 Å². The normalized spacial score (nSPS) is 25.2. The molecule has 1 aliphatic heterocycles. The van der Waals surface area contributed by atoms with Crippen LogP contribution in [0.1, 0.15) is 19.3 Å². The highest BCUT2D eigenvalue weighted by atomic mass is 35.5. The number of halogens is 1. The van der Waals surface area contributed by atoms with E-state index < -0.39 is 0 Å². The van der Waals surface area contributed by atoms with Crippen LogP contribution in [-0.2, 0) is 0 Å². The molecule has 1 aromatic carbocycles. The van der Waals surface area contributed by atoms with E-state index in [1.54, 1.807) is 11.5 Å². The Kier molecular flexibility index (Phi) is 5.42. The molecule has 23 heavy (non-hydrogen) atoms. The van der Waals surface area contributed by atoms with Crippen LogP contribution >= 0.6 is 23.9 Å². The van der Waals surface area contributed by atoms with Crippen molar-refractivity contribution in [1.29, 1.82) is 0 Å². The van der Waals surface area contributed by atoms with E-state index in [4.69, 9.17) is 5.73 Å². The zero-order chi connectivity index (χ0) is 14.9. The maximum Gasteiger partial charge on any atom is 0.150 e. The van der Waals surface area contributed by atoms with Crippen molar-refractivity contribution in [2.24, 2.45) is 11.7 Å². The van der Waals surface area contributed by atoms with Crippen molar-refractivity contribution in [3.63, 3.8) is 0 Å². The summed E-state index contributed by atoms with van der Waals surface area (Å²) in [6, 6.07) is 9.05. The molecule has 0 bridgehead atoms. The van der Waals surface area contributed by atoms with Gasteiger partial charge in [0.05, 0.1) is 4.70 Å². The molecule has 126 valence electrons. The summed E-state index contributed by atoms with van der Waals surface area (Å²) < 4.78 is 5.98. The Morgan fingerprint density at radius 3 is 2.61 bits per heavy atom. The molecule has 4 rings (SSSR count). The molecule has 1 aromatic heterocycles. The Labute approximate surface area is 148 Å². The molecule has 0 spiro atoms. The van der Waals surface area contributed by atoms with E-state index in [0.717, 1.165) is 32.1 Å². The van der Waals surface area contributed by atoms with Crippen molar-refractivity contribution in [2.45, 2.75) is 25.3 Å². The summed E-state index contributed by atoms with van der Waals surface area (Å²) in [7, 11) is 0. The first-order valence-electron chi connectivity index (χ1n) is 8.37. The fourth-order valence-electron chi connectivity index (χ4n) is 3.67. The molecule has 0 radical (unpaired) electrons. The van der Waals surface area contributed by atoms with Gasteiger partial charge < -0.3 is 10.6 Å². The highest BCUT2D eigenvalue weighted by molar-refractivity contribution is 7.13. The summed E-state index contributed by atoms with van der Waals surface area (Å²) in [4.78, 5) is 5.06. The van der Waals surface area contributed by atoms with Crippen LogP contribution in [0.15, 0.2) is 24.3 Å². The summed E-state index contributed by atoms with van der Waals surface area (Å²) in [5, 5.41) is 1.31. The van der Waals surface area contributed by atoms with Crippen molar-refractivity contribution in [1.82, 2.24) is 9.27 Å². The van der Waals surface area contributed by atoms with E-state index in [-0.39, 0.29) is 12.4 Å². The summed E-state index contributed by atoms with van der Waals surface area (Å²) in [6.45, 7) is 5.74. The van der Waals surface area contributed by atoms with Gasteiger partial charge in [-0.05, 0) is 55.4 Å². The van der Waals surface area contributed by atoms with E-state index in [0.29, 0.717) is 6.04 Å². The molecule has 1 saturated carbocycles. The van der Waals surface area contributed by atoms with E-state index >= 15 is 0 Å². The average Bonchev–Trinajstić information content (AvgIpc) is 2.95.